The van der Waals surface area contributed by atoms with E-state index in [1.807, 2.05) is 0 Å². The van der Waals surface area contributed by atoms with Crippen LogP contribution in [0.1, 0.15) is 278 Å². The Hall–Kier alpha value is -3.18. The molecule has 0 rings (SSSR count). The second-order valence-electron chi connectivity index (χ2n) is 19.5. The Labute approximate surface area is 434 Å². The lowest BCUT2D eigenvalue weighted by Crippen LogP contribution is -2.30. The number of carbonyl (C=O) groups is 2. The van der Waals surface area contributed by atoms with E-state index in [9.17, 15) is 9.59 Å². The van der Waals surface area contributed by atoms with E-state index in [2.05, 4.69) is 118 Å². The van der Waals surface area contributed by atoms with Crippen molar-refractivity contribution >= 4 is 11.9 Å². The summed E-state index contributed by atoms with van der Waals surface area (Å²) in [6.45, 7) is 7.65. The lowest BCUT2D eigenvalue weighted by atomic mass is 10.1. The number of hydrogen-bond acceptors (Lipinski definition) is 5. The molecule has 5 nitrogen and oxygen atoms in total. The van der Waals surface area contributed by atoms with E-state index in [-0.39, 0.29) is 25.2 Å². The molecule has 402 valence electrons. The van der Waals surface area contributed by atoms with E-state index in [4.69, 9.17) is 14.2 Å². The highest BCUT2D eigenvalue weighted by atomic mass is 16.6. The second-order valence-corrected chi connectivity index (χ2v) is 19.5. The molecule has 0 aromatic carbocycles. The normalized spacial score (nSPS) is 12.9. The van der Waals surface area contributed by atoms with E-state index in [0.717, 1.165) is 103 Å². The number of unbranched alkanes of at least 4 members (excludes halogenated alkanes) is 27. The van der Waals surface area contributed by atoms with Crippen molar-refractivity contribution in [2.75, 3.05) is 19.8 Å². The molecule has 0 saturated heterocycles. The van der Waals surface area contributed by atoms with E-state index in [1.54, 1.807) is 0 Å². The number of esters is 2. The Morgan fingerprint density at radius 2 is 0.643 bits per heavy atom. The molecule has 0 aliphatic carbocycles. The lowest BCUT2D eigenvalue weighted by molar-refractivity contribution is -0.163. The van der Waals surface area contributed by atoms with Crippen LogP contribution in [-0.2, 0) is 23.8 Å². The maximum absolute atomic E-state index is 12.9. The van der Waals surface area contributed by atoms with Gasteiger partial charge < -0.3 is 14.2 Å². The van der Waals surface area contributed by atoms with Crippen molar-refractivity contribution in [1.29, 1.82) is 0 Å². The minimum Gasteiger partial charge on any atom is -0.462 e. The minimum absolute atomic E-state index is 0.0680. The highest BCUT2D eigenvalue weighted by Crippen LogP contribution is 2.14. The predicted molar refractivity (Wildman–Crippen MR) is 306 cm³/mol. The molecule has 0 saturated carbocycles. The molecule has 0 spiro atoms. The second kappa shape index (κ2) is 60.1. The van der Waals surface area contributed by atoms with E-state index in [1.165, 1.54) is 141 Å². The first-order valence-corrected chi connectivity index (χ1v) is 29.8. The third-order valence-corrected chi connectivity index (χ3v) is 12.6. The molecule has 70 heavy (non-hydrogen) atoms. The number of allylic oxidation sites excluding steroid dienone is 16. The largest absolute Gasteiger partial charge is 0.462 e. The van der Waals surface area contributed by atoms with Crippen molar-refractivity contribution < 1.29 is 23.8 Å². The van der Waals surface area contributed by atoms with Crippen LogP contribution in [0.15, 0.2) is 97.2 Å². The third kappa shape index (κ3) is 57.4. The number of ether oxygens (including phenoxy) is 3. The van der Waals surface area contributed by atoms with Gasteiger partial charge in [-0.2, -0.15) is 0 Å². The molecule has 5 heteroatoms. The van der Waals surface area contributed by atoms with Gasteiger partial charge >= 0.3 is 11.9 Å². The Morgan fingerprint density at radius 3 is 1.03 bits per heavy atom. The Morgan fingerprint density at radius 1 is 0.329 bits per heavy atom. The quantitative estimate of drug-likeness (QED) is 0.0345. The van der Waals surface area contributed by atoms with Crippen LogP contribution < -0.4 is 0 Å². The molecule has 0 aromatic rings. The monoisotopic (exact) mass is 973 g/mol. The Balaban J connectivity index is 4.34. The Kier molecular flexibility index (Phi) is 57.4. The van der Waals surface area contributed by atoms with Crippen LogP contribution in [0.4, 0.5) is 0 Å². The zero-order valence-corrected chi connectivity index (χ0v) is 46.3. The zero-order valence-electron chi connectivity index (χ0n) is 46.3. The molecule has 1 unspecified atom stereocenters. The molecule has 0 N–H and O–H groups in total. The van der Waals surface area contributed by atoms with Gasteiger partial charge in [0.25, 0.3) is 0 Å². The molecule has 0 fully saturated rings. The number of rotatable bonds is 54. The summed E-state index contributed by atoms with van der Waals surface area (Å²) in [6.07, 6.45) is 81.4. The van der Waals surface area contributed by atoms with Gasteiger partial charge in [0.2, 0.25) is 0 Å². The molecule has 0 amide bonds. The molecular weight excluding hydrogens is 861 g/mol. The van der Waals surface area contributed by atoms with Gasteiger partial charge in [-0.3, -0.25) is 9.59 Å². The van der Waals surface area contributed by atoms with Crippen molar-refractivity contribution in [1.82, 2.24) is 0 Å². The summed E-state index contributed by atoms with van der Waals surface area (Å²) >= 11 is 0. The molecule has 0 heterocycles. The van der Waals surface area contributed by atoms with Crippen molar-refractivity contribution in [3.8, 4) is 0 Å². The van der Waals surface area contributed by atoms with Crippen LogP contribution in [0.3, 0.4) is 0 Å². The van der Waals surface area contributed by atoms with Gasteiger partial charge in [0.05, 0.1) is 6.61 Å². The molecule has 0 aliphatic rings. The summed E-state index contributed by atoms with van der Waals surface area (Å²) in [4.78, 5) is 25.6. The zero-order chi connectivity index (χ0) is 50.6. The van der Waals surface area contributed by atoms with Crippen molar-refractivity contribution in [3.63, 3.8) is 0 Å². The van der Waals surface area contributed by atoms with Crippen molar-refractivity contribution in [3.05, 3.63) is 97.2 Å². The summed E-state index contributed by atoms with van der Waals surface area (Å²) in [7, 11) is 0. The maximum Gasteiger partial charge on any atom is 0.306 e. The fourth-order valence-electron chi connectivity index (χ4n) is 8.15. The maximum atomic E-state index is 12.9. The fraction of sp³-hybridized carbons (Fsp3) is 0.723. The van der Waals surface area contributed by atoms with Crippen LogP contribution in [0, 0.1) is 0 Å². The summed E-state index contributed by atoms with van der Waals surface area (Å²) in [5, 5.41) is 0. The van der Waals surface area contributed by atoms with Gasteiger partial charge in [-0.05, 0) is 122 Å². The summed E-state index contributed by atoms with van der Waals surface area (Å²) in [6, 6.07) is 0. The van der Waals surface area contributed by atoms with E-state index < -0.39 is 6.10 Å². The first kappa shape index (κ1) is 66.8. The minimum atomic E-state index is -0.557. The molecular formula is C65H112O5. The fourth-order valence-corrected chi connectivity index (χ4v) is 8.15. The molecule has 0 aromatic heterocycles. The van der Waals surface area contributed by atoms with Gasteiger partial charge in [0.1, 0.15) is 6.61 Å². The number of hydrogen-bond donors (Lipinski definition) is 0. The van der Waals surface area contributed by atoms with Crippen LogP contribution in [0.5, 0.6) is 0 Å². The summed E-state index contributed by atoms with van der Waals surface area (Å²) < 4.78 is 17.5. The average Bonchev–Trinajstić information content (AvgIpc) is 3.36. The van der Waals surface area contributed by atoms with Crippen LogP contribution in [0.2, 0.25) is 0 Å². The lowest BCUT2D eigenvalue weighted by Gasteiger charge is -2.18. The van der Waals surface area contributed by atoms with Crippen LogP contribution >= 0.6 is 0 Å². The third-order valence-electron chi connectivity index (χ3n) is 12.6. The van der Waals surface area contributed by atoms with Gasteiger partial charge in [0.15, 0.2) is 6.10 Å². The Bertz CT molecular complexity index is 1330. The van der Waals surface area contributed by atoms with E-state index in [0.29, 0.717) is 19.4 Å². The molecule has 0 radical (unpaired) electrons. The first-order chi connectivity index (χ1) is 34.6. The standard InChI is InChI=1S/C65H112O5/c1-4-7-10-13-16-19-22-25-28-31-33-35-37-40-43-46-49-52-55-58-64(66)69-62-63(61-68-60-57-54-51-48-45-42-39-36-32-29-26-23-20-17-14-11-8-5-2)70-65(67)59-56-53-50-47-44-41-38-34-30-27-24-21-18-15-12-9-6-3/h9,12,16-21,25-30,33,35,63H,4-8,10-11,13-15,22-24,31-32,34,36-62H2,1-3H3/b12-9-,19-16-,20-17-,21-18-,28-25-,29-26-,30-27-,35-33-. The summed E-state index contributed by atoms with van der Waals surface area (Å²) in [5.74, 6) is -0.423. The topological polar surface area (TPSA) is 61.8 Å². The predicted octanol–water partition coefficient (Wildman–Crippen LogP) is 20.6. The van der Waals surface area contributed by atoms with E-state index >= 15 is 0 Å². The average molecular weight is 974 g/mol. The smallest absolute Gasteiger partial charge is 0.306 e. The van der Waals surface area contributed by atoms with Gasteiger partial charge in [-0.15, -0.1) is 0 Å². The first-order valence-electron chi connectivity index (χ1n) is 29.8. The van der Waals surface area contributed by atoms with Crippen molar-refractivity contribution in [2.45, 2.75) is 284 Å². The highest BCUT2D eigenvalue weighted by molar-refractivity contribution is 5.70. The molecule has 1 atom stereocenters. The van der Waals surface area contributed by atoms with Crippen LogP contribution in [-0.4, -0.2) is 37.9 Å². The molecule has 0 bridgehead atoms. The number of carbonyl (C=O) groups excluding carboxylic acids is 2. The van der Waals surface area contributed by atoms with Gasteiger partial charge in [0, 0.05) is 19.4 Å². The highest BCUT2D eigenvalue weighted by Gasteiger charge is 2.17. The van der Waals surface area contributed by atoms with Gasteiger partial charge in [-0.1, -0.05) is 240 Å². The molecule has 0 aliphatic heterocycles. The SMILES string of the molecule is CC/C=C\C/C=C\C/C=C\CCCCCCCCCC(=O)OC(COCCCCCCCCCC/C=C\C/C=C\CCCCC)COC(=O)CCCCCCCC/C=C\C/C=C\C/C=C\CCCCC. The van der Waals surface area contributed by atoms with Gasteiger partial charge in [-0.25, -0.2) is 0 Å². The summed E-state index contributed by atoms with van der Waals surface area (Å²) in [5.41, 5.74) is 0. The van der Waals surface area contributed by atoms with Crippen molar-refractivity contribution in [2.24, 2.45) is 0 Å². The van der Waals surface area contributed by atoms with Crippen LogP contribution in [0.25, 0.3) is 0 Å².